The Morgan fingerprint density at radius 3 is 2.52 bits per heavy atom. The first-order valence-electron chi connectivity index (χ1n) is 6.73. The van der Waals surface area contributed by atoms with E-state index in [0.717, 1.165) is 5.56 Å². The van der Waals surface area contributed by atoms with Crippen molar-refractivity contribution in [1.29, 1.82) is 0 Å². The molecular weight excluding hydrogens is 336 g/mol. The molecule has 1 heterocycles. The molecule has 0 amide bonds. The summed E-state index contributed by atoms with van der Waals surface area (Å²) in [5, 5.41) is 0.372. The molecule has 3 aromatic rings. The zero-order valence-corrected chi connectivity index (χ0v) is 13.7. The second-order valence-electron chi connectivity index (χ2n) is 4.96. The number of nitrogens with zero attached hydrogens (tertiary/aromatic N) is 1. The molecule has 118 valence electrons. The van der Waals surface area contributed by atoms with Crippen LogP contribution in [0.25, 0.3) is 11.3 Å². The van der Waals surface area contributed by atoms with E-state index >= 15 is 0 Å². The molecule has 0 aliphatic heterocycles. The van der Waals surface area contributed by atoms with E-state index in [2.05, 4.69) is 9.71 Å². The molecule has 1 N–H and O–H groups in total. The van der Waals surface area contributed by atoms with E-state index in [0.29, 0.717) is 22.0 Å². The predicted molar refractivity (Wildman–Crippen MR) is 88.9 cm³/mol. The van der Waals surface area contributed by atoms with Gasteiger partial charge in [0.25, 0.3) is 10.0 Å². The quantitative estimate of drug-likeness (QED) is 0.770. The van der Waals surface area contributed by atoms with Gasteiger partial charge < -0.3 is 4.42 Å². The first-order valence-corrected chi connectivity index (χ1v) is 8.60. The fourth-order valence-corrected chi connectivity index (χ4v) is 3.70. The number of halogens is 1. The highest BCUT2D eigenvalue weighted by atomic mass is 35.5. The number of oxazole rings is 1. The molecule has 7 heteroatoms. The van der Waals surface area contributed by atoms with Crippen LogP contribution in [0.1, 0.15) is 5.56 Å². The highest BCUT2D eigenvalue weighted by molar-refractivity contribution is 7.92. The Morgan fingerprint density at radius 1 is 1.13 bits per heavy atom. The second-order valence-corrected chi connectivity index (χ2v) is 7.05. The number of hydrogen-bond acceptors (Lipinski definition) is 4. The molecule has 0 unspecified atom stereocenters. The third-order valence-corrected chi connectivity index (χ3v) is 5.05. The number of anilines is 1. The van der Waals surface area contributed by atoms with Crippen molar-refractivity contribution in [2.45, 2.75) is 11.8 Å². The Bertz CT molecular complexity index is 920. The van der Waals surface area contributed by atoms with E-state index in [1.165, 1.54) is 12.5 Å². The molecule has 3 rings (SSSR count). The Kier molecular flexibility index (Phi) is 4.11. The minimum atomic E-state index is -3.70. The van der Waals surface area contributed by atoms with Crippen molar-refractivity contribution >= 4 is 27.3 Å². The van der Waals surface area contributed by atoms with Crippen LogP contribution in [0.3, 0.4) is 0 Å². The molecule has 0 radical (unpaired) electrons. The van der Waals surface area contributed by atoms with Gasteiger partial charge in [0.05, 0.1) is 11.1 Å². The molecular formula is C16H13ClN2O3S. The highest BCUT2D eigenvalue weighted by Gasteiger charge is 2.17. The van der Waals surface area contributed by atoms with E-state index in [4.69, 9.17) is 16.0 Å². The third kappa shape index (κ3) is 3.38. The van der Waals surface area contributed by atoms with Gasteiger partial charge in [0.2, 0.25) is 0 Å². The summed E-state index contributed by atoms with van der Waals surface area (Å²) < 4.78 is 32.7. The second kappa shape index (κ2) is 6.06. The number of benzene rings is 2. The molecule has 1 aromatic heterocycles. The highest BCUT2D eigenvalue weighted by Crippen LogP contribution is 2.25. The van der Waals surface area contributed by atoms with Crippen LogP contribution in [0.4, 0.5) is 5.69 Å². The van der Waals surface area contributed by atoms with Gasteiger partial charge >= 0.3 is 0 Å². The smallest absolute Gasteiger partial charge is 0.262 e. The van der Waals surface area contributed by atoms with E-state index in [-0.39, 0.29) is 4.90 Å². The van der Waals surface area contributed by atoms with Crippen LogP contribution >= 0.6 is 11.6 Å². The summed E-state index contributed by atoms with van der Waals surface area (Å²) in [5.41, 5.74) is 1.89. The van der Waals surface area contributed by atoms with Gasteiger partial charge in [-0.1, -0.05) is 17.7 Å². The normalized spacial score (nSPS) is 11.4. The van der Waals surface area contributed by atoms with Crippen LogP contribution in [0.15, 0.2) is 64.4 Å². The average Bonchev–Trinajstić information content (AvgIpc) is 3.04. The SMILES string of the molecule is Cc1ccc(Cl)cc1S(=O)(=O)Nc1ccc(-c2cnco2)cc1. The molecule has 0 aliphatic rings. The predicted octanol–water partition coefficient (Wildman–Crippen LogP) is 4.10. The standard InChI is InChI=1S/C16H13ClN2O3S/c1-11-2-5-13(17)8-16(11)23(20,21)19-14-6-3-12(4-7-14)15-9-18-10-22-15/h2-10,19H,1H3. The Balaban J connectivity index is 1.87. The molecule has 0 aliphatic carbocycles. The molecule has 0 saturated carbocycles. The number of aryl methyl sites for hydroxylation is 1. The van der Waals surface area contributed by atoms with Crippen LogP contribution in [-0.4, -0.2) is 13.4 Å². The van der Waals surface area contributed by atoms with Crippen molar-refractivity contribution in [3.63, 3.8) is 0 Å². The van der Waals surface area contributed by atoms with Crippen molar-refractivity contribution in [2.75, 3.05) is 4.72 Å². The van der Waals surface area contributed by atoms with E-state index in [9.17, 15) is 8.42 Å². The van der Waals surface area contributed by atoms with Gasteiger partial charge in [-0.05, 0) is 48.9 Å². The Hall–Kier alpha value is -2.31. The van der Waals surface area contributed by atoms with Crippen LogP contribution in [-0.2, 0) is 10.0 Å². The molecule has 0 spiro atoms. The summed E-state index contributed by atoms with van der Waals surface area (Å²) >= 11 is 5.90. The molecule has 0 fully saturated rings. The Labute approximate surface area is 139 Å². The summed E-state index contributed by atoms with van der Waals surface area (Å²) in [7, 11) is -3.70. The maximum Gasteiger partial charge on any atom is 0.262 e. The van der Waals surface area contributed by atoms with E-state index < -0.39 is 10.0 Å². The monoisotopic (exact) mass is 348 g/mol. The van der Waals surface area contributed by atoms with Gasteiger partial charge in [-0.2, -0.15) is 0 Å². The maximum absolute atomic E-state index is 12.5. The summed E-state index contributed by atoms with van der Waals surface area (Å²) in [6, 6.07) is 11.6. The average molecular weight is 349 g/mol. The van der Waals surface area contributed by atoms with Crippen LogP contribution < -0.4 is 4.72 Å². The number of rotatable bonds is 4. The molecule has 0 saturated heterocycles. The Morgan fingerprint density at radius 2 is 1.87 bits per heavy atom. The molecule has 0 bridgehead atoms. The number of aromatic nitrogens is 1. The van der Waals surface area contributed by atoms with Gasteiger partial charge in [0.15, 0.2) is 12.2 Å². The first kappa shape index (κ1) is 15.6. The van der Waals surface area contributed by atoms with Crippen molar-refractivity contribution in [2.24, 2.45) is 0 Å². The van der Waals surface area contributed by atoms with Crippen LogP contribution in [0, 0.1) is 6.92 Å². The first-order chi connectivity index (χ1) is 11.0. The number of sulfonamides is 1. The lowest BCUT2D eigenvalue weighted by atomic mass is 10.2. The minimum absolute atomic E-state index is 0.157. The molecule has 2 aromatic carbocycles. The fraction of sp³-hybridized carbons (Fsp3) is 0.0625. The zero-order valence-electron chi connectivity index (χ0n) is 12.2. The van der Waals surface area contributed by atoms with Crippen molar-refractivity contribution in [3.05, 3.63) is 65.6 Å². The van der Waals surface area contributed by atoms with Gasteiger partial charge in [0, 0.05) is 16.3 Å². The van der Waals surface area contributed by atoms with Crippen molar-refractivity contribution < 1.29 is 12.8 Å². The van der Waals surface area contributed by atoms with Crippen LogP contribution in [0.2, 0.25) is 5.02 Å². The summed E-state index contributed by atoms with van der Waals surface area (Å²) in [5.74, 6) is 0.616. The van der Waals surface area contributed by atoms with E-state index in [1.807, 2.05) is 0 Å². The van der Waals surface area contributed by atoms with Gasteiger partial charge in [-0.15, -0.1) is 0 Å². The topological polar surface area (TPSA) is 72.2 Å². The lowest BCUT2D eigenvalue weighted by Crippen LogP contribution is -2.14. The van der Waals surface area contributed by atoms with Crippen molar-refractivity contribution in [1.82, 2.24) is 4.98 Å². The largest absolute Gasteiger partial charge is 0.444 e. The lowest BCUT2D eigenvalue weighted by molar-refractivity contribution is 0.572. The summed E-state index contributed by atoms with van der Waals surface area (Å²) in [6.07, 6.45) is 2.93. The molecule has 23 heavy (non-hydrogen) atoms. The molecule has 0 atom stereocenters. The zero-order chi connectivity index (χ0) is 16.4. The van der Waals surface area contributed by atoms with Gasteiger partial charge in [-0.3, -0.25) is 4.72 Å². The lowest BCUT2D eigenvalue weighted by Gasteiger charge is -2.11. The van der Waals surface area contributed by atoms with E-state index in [1.54, 1.807) is 49.5 Å². The molecule has 5 nitrogen and oxygen atoms in total. The number of hydrogen-bond donors (Lipinski definition) is 1. The van der Waals surface area contributed by atoms with Crippen molar-refractivity contribution in [3.8, 4) is 11.3 Å². The maximum atomic E-state index is 12.5. The fourth-order valence-electron chi connectivity index (χ4n) is 2.13. The summed E-state index contributed by atoms with van der Waals surface area (Å²) in [4.78, 5) is 4.00. The van der Waals surface area contributed by atoms with Gasteiger partial charge in [-0.25, -0.2) is 13.4 Å². The third-order valence-electron chi connectivity index (χ3n) is 3.29. The van der Waals surface area contributed by atoms with Crippen LogP contribution in [0.5, 0.6) is 0 Å². The summed E-state index contributed by atoms with van der Waals surface area (Å²) in [6.45, 7) is 1.72. The van der Waals surface area contributed by atoms with Gasteiger partial charge in [0.1, 0.15) is 0 Å². The number of nitrogens with one attached hydrogen (secondary N) is 1. The minimum Gasteiger partial charge on any atom is -0.444 e.